The van der Waals surface area contributed by atoms with E-state index in [-0.39, 0.29) is 6.03 Å². The molecule has 0 aromatic heterocycles. The lowest BCUT2D eigenvalue weighted by Crippen LogP contribution is -2.31. The molecular formula is C16H19N3O3. The molecule has 0 spiro atoms. The second-order valence-corrected chi connectivity index (χ2v) is 4.54. The lowest BCUT2D eigenvalue weighted by atomic mass is 10.2. The molecule has 2 aromatic carbocycles. The highest BCUT2D eigenvalue weighted by Gasteiger charge is 2.07. The van der Waals surface area contributed by atoms with Crippen LogP contribution in [0.5, 0.6) is 11.5 Å². The SMILES string of the molecule is COCCNC(=O)Nc1cc(Oc2ccccc2)ccc1N. The van der Waals surface area contributed by atoms with E-state index in [1.54, 1.807) is 25.3 Å². The molecule has 0 aliphatic carbocycles. The Labute approximate surface area is 129 Å². The minimum atomic E-state index is -0.347. The summed E-state index contributed by atoms with van der Waals surface area (Å²) in [6.07, 6.45) is 0. The van der Waals surface area contributed by atoms with Gasteiger partial charge in [-0.2, -0.15) is 0 Å². The van der Waals surface area contributed by atoms with Crippen LogP contribution in [-0.4, -0.2) is 26.3 Å². The molecule has 22 heavy (non-hydrogen) atoms. The van der Waals surface area contributed by atoms with E-state index in [4.69, 9.17) is 15.2 Å². The molecule has 2 rings (SSSR count). The molecule has 0 radical (unpaired) electrons. The van der Waals surface area contributed by atoms with E-state index in [2.05, 4.69) is 10.6 Å². The molecule has 4 N–H and O–H groups in total. The Morgan fingerprint density at radius 2 is 1.91 bits per heavy atom. The van der Waals surface area contributed by atoms with Crippen molar-refractivity contribution < 1.29 is 14.3 Å². The summed E-state index contributed by atoms with van der Waals surface area (Å²) in [4.78, 5) is 11.7. The molecule has 2 amide bonds. The minimum Gasteiger partial charge on any atom is -0.457 e. The number of rotatable bonds is 6. The summed E-state index contributed by atoms with van der Waals surface area (Å²) in [6, 6.07) is 14.1. The average molecular weight is 301 g/mol. The fourth-order valence-corrected chi connectivity index (χ4v) is 1.76. The van der Waals surface area contributed by atoms with Crippen LogP contribution in [0.2, 0.25) is 0 Å². The van der Waals surface area contributed by atoms with Crippen LogP contribution in [0.25, 0.3) is 0 Å². The number of nitrogens with one attached hydrogen (secondary N) is 2. The van der Waals surface area contributed by atoms with Crippen molar-refractivity contribution in [3.05, 3.63) is 48.5 Å². The van der Waals surface area contributed by atoms with Gasteiger partial charge in [0.05, 0.1) is 18.0 Å². The highest BCUT2D eigenvalue weighted by Crippen LogP contribution is 2.28. The van der Waals surface area contributed by atoms with Gasteiger partial charge >= 0.3 is 6.03 Å². The molecule has 6 nitrogen and oxygen atoms in total. The van der Waals surface area contributed by atoms with E-state index in [9.17, 15) is 4.79 Å². The Morgan fingerprint density at radius 3 is 2.64 bits per heavy atom. The van der Waals surface area contributed by atoms with Crippen LogP contribution in [0.15, 0.2) is 48.5 Å². The molecule has 0 unspecified atom stereocenters. The molecular weight excluding hydrogens is 282 g/mol. The Balaban J connectivity index is 2.02. The van der Waals surface area contributed by atoms with Gasteiger partial charge in [0.15, 0.2) is 0 Å². The quantitative estimate of drug-likeness (QED) is 0.565. The third-order valence-electron chi connectivity index (χ3n) is 2.84. The van der Waals surface area contributed by atoms with E-state index in [1.807, 2.05) is 30.3 Å². The average Bonchev–Trinajstić information content (AvgIpc) is 2.52. The summed E-state index contributed by atoms with van der Waals surface area (Å²) in [5, 5.41) is 5.34. The lowest BCUT2D eigenvalue weighted by molar-refractivity contribution is 0.198. The first-order valence-corrected chi connectivity index (χ1v) is 6.85. The first-order valence-electron chi connectivity index (χ1n) is 6.85. The van der Waals surface area contributed by atoms with Crippen molar-refractivity contribution in [2.75, 3.05) is 31.3 Å². The molecule has 116 valence electrons. The van der Waals surface area contributed by atoms with Crippen molar-refractivity contribution in [3.63, 3.8) is 0 Å². The molecule has 0 fully saturated rings. The number of methoxy groups -OCH3 is 1. The first-order chi connectivity index (χ1) is 10.7. The third-order valence-corrected chi connectivity index (χ3v) is 2.84. The van der Waals surface area contributed by atoms with Gasteiger partial charge < -0.3 is 25.8 Å². The maximum absolute atomic E-state index is 11.7. The Bertz CT molecular complexity index is 617. The van der Waals surface area contributed by atoms with E-state index in [0.29, 0.717) is 36.0 Å². The standard InChI is InChI=1S/C16H19N3O3/c1-21-10-9-18-16(20)19-15-11-13(7-8-14(15)17)22-12-5-3-2-4-6-12/h2-8,11H,9-10,17H2,1H3,(H2,18,19,20). The maximum atomic E-state index is 11.7. The van der Waals surface area contributed by atoms with Crippen molar-refractivity contribution in [2.45, 2.75) is 0 Å². The number of anilines is 2. The van der Waals surface area contributed by atoms with Crippen molar-refractivity contribution in [1.29, 1.82) is 0 Å². The maximum Gasteiger partial charge on any atom is 0.319 e. The molecule has 0 aliphatic rings. The minimum absolute atomic E-state index is 0.347. The molecule has 0 saturated carbocycles. The van der Waals surface area contributed by atoms with E-state index in [0.717, 1.165) is 0 Å². The second kappa shape index (κ2) is 7.90. The highest BCUT2D eigenvalue weighted by molar-refractivity contribution is 5.92. The van der Waals surface area contributed by atoms with Crippen LogP contribution in [0.3, 0.4) is 0 Å². The number of carbonyl (C=O) groups excluding carboxylic acids is 1. The van der Waals surface area contributed by atoms with Gasteiger partial charge in [-0.3, -0.25) is 0 Å². The van der Waals surface area contributed by atoms with E-state index >= 15 is 0 Å². The smallest absolute Gasteiger partial charge is 0.319 e. The number of ether oxygens (including phenoxy) is 2. The van der Waals surface area contributed by atoms with E-state index < -0.39 is 0 Å². The normalized spacial score (nSPS) is 10.0. The van der Waals surface area contributed by atoms with Crippen molar-refractivity contribution in [2.24, 2.45) is 0 Å². The summed E-state index contributed by atoms with van der Waals surface area (Å²) < 4.78 is 10.6. The van der Waals surface area contributed by atoms with Crippen LogP contribution in [0.4, 0.5) is 16.2 Å². The summed E-state index contributed by atoms with van der Waals surface area (Å²) in [6.45, 7) is 0.864. The molecule has 2 aromatic rings. The van der Waals surface area contributed by atoms with Crippen molar-refractivity contribution >= 4 is 17.4 Å². The summed E-state index contributed by atoms with van der Waals surface area (Å²) in [5.41, 5.74) is 6.81. The topological polar surface area (TPSA) is 85.6 Å². The Kier molecular flexibility index (Phi) is 5.62. The summed E-state index contributed by atoms with van der Waals surface area (Å²) in [5.74, 6) is 1.30. The first kappa shape index (κ1) is 15.7. The predicted octanol–water partition coefficient (Wildman–Crippen LogP) is 2.83. The monoisotopic (exact) mass is 301 g/mol. The zero-order valence-corrected chi connectivity index (χ0v) is 12.3. The van der Waals surface area contributed by atoms with Crippen LogP contribution in [0, 0.1) is 0 Å². The lowest BCUT2D eigenvalue weighted by Gasteiger charge is -2.12. The van der Waals surface area contributed by atoms with Gasteiger partial charge in [-0.1, -0.05) is 18.2 Å². The predicted molar refractivity (Wildman–Crippen MR) is 86.3 cm³/mol. The van der Waals surface area contributed by atoms with Gasteiger partial charge in [-0.25, -0.2) is 4.79 Å². The molecule has 0 atom stereocenters. The fraction of sp³-hybridized carbons (Fsp3) is 0.188. The van der Waals surface area contributed by atoms with Crippen LogP contribution in [-0.2, 0) is 4.74 Å². The van der Waals surface area contributed by atoms with Gasteiger partial charge in [0.25, 0.3) is 0 Å². The third kappa shape index (κ3) is 4.68. The number of nitrogens with two attached hydrogens (primary N) is 1. The largest absolute Gasteiger partial charge is 0.457 e. The highest BCUT2D eigenvalue weighted by atomic mass is 16.5. The number of hydrogen-bond acceptors (Lipinski definition) is 4. The molecule has 0 bridgehead atoms. The van der Waals surface area contributed by atoms with E-state index in [1.165, 1.54) is 0 Å². The van der Waals surface area contributed by atoms with Crippen LogP contribution < -0.4 is 21.1 Å². The second-order valence-electron chi connectivity index (χ2n) is 4.54. The molecule has 6 heteroatoms. The van der Waals surface area contributed by atoms with Gasteiger partial charge in [-0.15, -0.1) is 0 Å². The molecule has 0 heterocycles. The van der Waals surface area contributed by atoms with Gasteiger partial charge in [0, 0.05) is 19.7 Å². The Morgan fingerprint density at radius 1 is 1.14 bits per heavy atom. The number of para-hydroxylation sites is 1. The summed E-state index contributed by atoms with van der Waals surface area (Å²) >= 11 is 0. The van der Waals surface area contributed by atoms with Crippen molar-refractivity contribution in [3.8, 4) is 11.5 Å². The van der Waals surface area contributed by atoms with Gasteiger partial charge in [0.2, 0.25) is 0 Å². The van der Waals surface area contributed by atoms with Gasteiger partial charge in [-0.05, 0) is 24.3 Å². The Hall–Kier alpha value is -2.73. The van der Waals surface area contributed by atoms with Gasteiger partial charge in [0.1, 0.15) is 11.5 Å². The number of urea groups is 1. The van der Waals surface area contributed by atoms with Crippen molar-refractivity contribution in [1.82, 2.24) is 5.32 Å². The molecule has 0 saturated heterocycles. The van der Waals surface area contributed by atoms with Crippen LogP contribution >= 0.6 is 0 Å². The number of hydrogen-bond donors (Lipinski definition) is 3. The zero-order valence-electron chi connectivity index (χ0n) is 12.3. The zero-order chi connectivity index (χ0) is 15.8. The molecule has 0 aliphatic heterocycles. The summed E-state index contributed by atoms with van der Waals surface area (Å²) in [7, 11) is 1.57. The number of benzene rings is 2. The number of carbonyl (C=O) groups is 1. The number of nitrogen functional groups attached to an aromatic ring is 1. The fourth-order valence-electron chi connectivity index (χ4n) is 1.76. The van der Waals surface area contributed by atoms with Crippen LogP contribution in [0.1, 0.15) is 0 Å². The number of amides is 2.